The highest BCUT2D eigenvalue weighted by molar-refractivity contribution is 6.30. The molecular weight excluding hydrogens is 488 g/mol. The van der Waals surface area contributed by atoms with E-state index in [-0.39, 0.29) is 31.0 Å². The van der Waals surface area contributed by atoms with Gasteiger partial charge in [0, 0.05) is 12.0 Å². The Kier molecular flexibility index (Phi) is 12.4. The molecule has 0 spiro atoms. The number of rotatable bonds is 13. The second-order valence-corrected chi connectivity index (χ2v) is 9.98. The number of nitrogens with one attached hydrogen (secondary N) is 2. The number of benzene rings is 1. The van der Waals surface area contributed by atoms with E-state index in [4.69, 9.17) is 16.3 Å². The minimum Gasteiger partial charge on any atom is -0.445 e. The summed E-state index contributed by atoms with van der Waals surface area (Å²) in [5.74, 6) is -0.245. The van der Waals surface area contributed by atoms with Crippen LogP contribution in [0.15, 0.2) is 42.6 Å². The number of unbranched alkanes of at least 4 members (excludes halogenated alkanes) is 5. The van der Waals surface area contributed by atoms with Crippen LogP contribution < -0.4 is 10.6 Å². The average Bonchev–Trinajstić information content (AvgIpc) is 2.92. The van der Waals surface area contributed by atoms with E-state index in [1.165, 1.54) is 32.1 Å². The first-order valence-electron chi connectivity index (χ1n) is 13.5. The number of hydrogen-bond acceptors (Lipinski definition) is 5. The van der Waals surface area contributed by atoms with Gasteiger partial charge in [0.25, 0.3) is 0 Å². The van der Waals surface area contributed by atoms with Crippen molar-refractivity contribution in [2.45, 2.75) is 90.3 Å². The molecule has 0 unspecified atom stereocenters. The second kappa shape index (κ2) is 16.0. The van der Waals surface area contributed by atoms with Gasteiger partial charge in [0.05, 0.1) is 24.1 Å². The third-order valence-electron chi connectivity index (χ3n) is 6.59. The maximum atomic E-state index is 12.9. The predicted octanol–water partition coefficient (Wildman–Crippen LogP) is 6.61. The lowest BCUT2D eigenvalue weighted by Crippen LogP contribution is -2.42. The molecule has 37 heavy (non-hydrogen) atoms. The number of carbonyl (C=O) groups is 2. The van der Waals surface area contributed by atoms with Crippen molar-refractivity contribution in [1.82, 2.24) is 20.6 Å². The van der Waals surface area contributed by atoms with Crippen molar-refractivity contribution in [3.05, 3.63) is 64.7 Å². The van der Waals surface area contributed by atoms with Crippen molar-refractivity contribution in [1.29, 1.82) is 0 Å². The number of aromatic nitrogens is 2. The number of alkyl carbamates (subject to hydrolysis) is 1. The van der Waals surface area contributed by atoms with Crippen LogP contribution in [0, 0.1) is 5.92 Å². The Hall–Kier alpha value is -2.93. The summed E-state index contributed by atoms with van der Waals surface area (Å²) in [6.07, 6.45) is 15.6. The molecule has 0 radical (unpaired) electrons. The van der Waals surface area contributed by atoms with Gasteiger partial charge in [-0.05, 0) is 43.7 Å². The largest absolute Gasteiger partial charge is 0.445 e. The molecule has 0 aliphatic heterocycles. The van der Waals surface area contributed by atoms with Crippen molar-refractivity contribution in [3.8, 4) is 0 Å². The summed E-state index contributed by atoms with van der Waals surface area (Å²) >= 11 is 6.24. The summed E-state index contributed by atoms with van der Waals surface area (Å²) in [6, 6.07) is 9.46. The van der Waals surface area contributed by atoms with Crippen molar-refractivity contribution in [3.63, 3.8) is 0 Å². The molecule has 1 heterocycles. The SMILES string of the molecule is CCCCCCC/C=C/c1cnc(Cl)c(CNC(=O)[C@@H]2CCC[C@@H](NC(=O)OCc3ccccc3)C2)n1. The topological polar surface area (TPSA) is 93.2 Å². The molecule has 2 amide bonds. The zero-order chi connectivity index (χ0) is 26.3. The van der Waals surface area contributed by atoms with E-state index in [0.29, 0.717) is 17.3 Å². The van der Waals surface area contributed by atoms with Gasteiger partial charge in [-0.1, -0.05) is 87.0 Å². The van der Waals surface area contributed by atoms with Crippen LogP contribution in [0.2, 0.25) is 5.15 Å². The summed E-state index contributed by atoms with van der Waals surface area (Å²) < 4.78 is 5.33. The molecule has 200 valence electrons. The van der Waals surface area contributed by atoms with Gasteiger partial charge in [-0.25, -0.2) is 14.8 Å². The molecule has 8 heteroatoms. The zero-order valence-electron chi connectivity index (χ0n) is 21.8. The van der Waals surface area contributed by atoms with Crippen molar-refractivity contribution >= 4 is 29.7 Å². The Labute approximate surface area is 225 Å². The highest BCUT2D eigenvalue weighted by atomic mass is 35.5. The third kappa shape index (κ3) is 10.5. The number of nitrogens with zero attached hydrogens (tertiary/aromatic N) is 2. The molecule has 1 aromatic heterocycles. The lowest BCUT2D eigenvalue weighted by molar-refractivity contribution is -0.126. The molecular formula is C29H39ClN4O3. The minimum atomic E-state index is -0.456. The molecule has 2 aromatic rings. The van der Waals surface area contributed by atoms with Gasteiger partial charge < -0.3 is 15.4 Å². The van der Waals surface area contributed by atoms with Crippen molar-refractivity contribution in [2.24, 2.45) is 5.92 Å². The molecule has 1 saturated carbocycles. The first kappa shape index (κ1) is 28.6. The highest BCUT2D eigenvalue weighted by Gasteiger charge is 2.28. The van der Waals surface area contributed by atoms with Crippen LogP contribution in [0.1, 0.15) is 88.1 Å². The van der Waals surface area contributed by atoms with E-state index >= 15 is 0 Å². The Morgan fingerprint density at radius 2 is 1.95 bits per heavy atom. The van der Waals surface area contributed by atoms with Crippen molar-refractivity contribution in [2.75, 3.05) is 0 Å². The molecule has 1 aromatic carbocycles. The third-order valence-corrected chi connectivity index (χ3v) is 6.90. The number of amides is 2. The summed E-state index contributed by atoms with van der Waals surface area (Å²) in [7, 11) is 0. The van der Waals surface area contributed by atoms with Crippen LogP contribution >= 0.6 is 11.6 Å². The zero-order valence-corrected chi connectivity index (χ0v) is 22.5. The number of ether oxygens (including phenoxy) is 1. The monoisotopic (exact) mass is 526 g/mol. The molecule has 1 fully saturated rings. The number of allylic oxidation sites excluding steroid dienone is 1. The fourth-order valence-electron chi connectivity index (χ4n) is 4.50. The Morgan fingerprint density at radius 1 is 1.14 bits per heavy atom. The van der Waals surface area contributed by atoms with Crippen LogP contribution in [0.3, 0.4) is 0 Å². The number of carbonyl (C=O) groups excluding carboxylic acids is 2. The predicted molar refractivity (Wildman–Crippen MR) is 147 cm³/mol. The van der Waals surface area contributed by atoms with E-state index < -0.39 is 6.09 Å². The summed E-state index contributed by atoms with van der Waals surface area (Å²) in [4.78, 5) is 33.9. The molecule has 1 aliphatic carbocycles. The molecule has 2 atom stereocenters. The van der Waals surface area contributed by atoms with E-state index in [9.17, 15) is 9.59 Å². The fraction of sp³-hybridized carbons (Fsp3) is 0.517. The van der Waals surface area contributed by atoms with Gasteiger partial charge in [-0.15, -0.1) is 0 Å². The Balaban J connectivity index is 1.42. The fourth-order valence-corrected chi connectivity index (χ4v) is 4.65. The lowest BCUT2D eigenvalue weighted by atomic mass is 9.85. The van der Waals surface area contributed by atoms with E-state index in [1.54, 1.807) is 6.20 Å². The van der Waals surface area contributed by atoms with Gasteiger partial charge in [0.2, 0.25) is 5.91 Å². The van der Waals surface area contributed by atoms with Gasteiger partial charge in [-0.2, -0.15) is 0 Å². The van der Waals surface area contributed by atoms with E-state index in [0.717, 1.165) is 36.9 Å². The molecule has 2 N–H and O–H groups in total. The minimum absolute atomic E-state index is 0.0601. The average molecular weight is 527 g/mol. The normalized spacial score (nSPS) is 17.5. The number of hydrogen-bond donors (Lipinski definition) is 2. The second-order valence-electron chi connectivity index (χ2n) is 9.62. The molecule has 0 saturated heterocycles. The molecule has 0 bridgehead atoms. The van der Waals surface area contributed by atoms with Crippen LogP contribution in [0.25, 0.3) is 6.08 Å². The maximum Gasteiger partial charge on any atom is 0.407 e. The lowest BCUT2D eigenvalue weighted by Gasteiger charge is -2.28. The quantitative estimate of drug-likeness (QED) is 0.286. The smallest absolute Gasteiger partial charge is 0.407 e. The van der Waals surface area contributed by atoms with Gasteiger partial charge in [0.1, 0.15) is 6.61 Å². The Bertz CT molecular complexity index is 1020. The molecule has 7 nitrogen and oxygen atoms in total. The van der Waals surface area contributed by atoms with E-state index in [2.05, 4.69) is 33.6 Å². The van der Waals surface area contributed by atoms with Crippen molar-refractivity contribution < 1.29 is 14.3 Å². The standard InChI is InChI=1S/C29H39ClN4O3/c1-2-3-4-5-6-7-11-16-25-19-31-27(30)26(33-25)20-32-28(35)23-15-12-17-24(18-23)34-29(36)37-21-22-13-9-8-10-14-22/h8-11,13-14,16,19,23-24H,2-7,12,15,17-18,20-21H2,1H3,(H,32,35)(H,34,36)/b16-11+/t23-,24-/m1/s1. The number of halogens is 1. The van der Waals surface area contributed by atoms with Crippen LogP contribution in [-0.4, -0.2) is 28.0 Å². The first-order chi connectivity index (χ1) is 18.0. The molecule has 3 rings (SSSR count). The van der Waals surface area contributed by atoms with E-state index in [1.807, 2.05) is 36.4 Å². The summed E-state index contributed by atoms with van der Waals surface area (Å²) in [6.45, 7) is 2.66. The van der Waals surface area contributed by atoms with Crippen LogP contribution in [0.5, 0.6) is 0 Å². The summed E-state index contributed by atoms with van der Waals surface area (Å²) in [5, 5.41) is 6.16. The molecule has 1 aliphatic rings. The maximum absolute atomic E-state index is 12.9. The van der Waals surface area contributed by atoms with Gasteiger partial charge in [0.15, 0.2) is 5.15 Å². The first-order valence-corrected chi connectivity index (χ1v) is 13.9. The van der Waals surface area contributed by atoms with Gasteiger partial charge >= 0.3 is 6.09 Å². The van der Waals surface area contributed by atoms with Gasteiger partial charge in [-0.3, -0.25) is 4.79 Å². The Morgan fingerprint density at radius 3 is 2.76 bits per heavy atom. The van der Waals surface area contributed by atoms with Crippen LogP contribution in [-0.2, 0) is 22.7 Å². The summed E-state index contributed by atoms with van der Waals surface area (Å²) in [5.41, 5.74) is 2.22. The van der Waals surface area contributed by atoms with Crippen LogP contribution in [0.4, 0.5) is 4.79 Å². The highest BCUT2D eigenvalue weighted by Crippen LogP contribution is 2.25.